The molecule has 1 aromatic heterocycles. The second kappa shape index (κ2) is 9.61. The van der Waals surface area contributed by atoms with E-state index in [4.69, 9.17) is 20.8 Å². The Morgan fingerprint density at radius 3 is 2.33 bits per heavy atom. The molecule has 150 valence electrons. The van der Waals surface area contributed by atoms with Gasteiger partial charge in [0.15, 0.2) is 12.4 Å². The highest BCUT2D eigenvalue weighted by Crippen LogP contribution is 2.22. The monoisotopic (exact) mass is 436 g/mol. The van der Waals surface area contributed by atoms with Gasteiger partial charge in [-0.25, -0.2) is 0 Å². The topological polar surface area (TPSA) is 65.2 Å². The van der Waals surface area contributed by atoms with Crippen molar-refractivity contribution in [2.75, 3.05) is 5.75 Å². The summed E-state index contributed by atoms with van der Waals surface area (Å²) in [7, 11) is 0. The van der Waals surface area contributed by atoms with Crippen LogP contribution in [0.2, 0.25) is 5.02 Å². The molecule has 0 fully saturated rings. The summed E-state index contributed by atoms with van der Waals surface area (Å²) in [5, 5.41) is 8.87. The van der Waals surface area contributed by atoms with Crippen molar-refractivity contribution in [2.24, 2.45) is 0 Å². The number of carbonyl (C=O) groups excluding carboxylic acids is 1. The van der Waals surface area contributed by atoms with E-state index in [1.807, 2.05) is 54.6 Å². The molecule has 0 amide bonds. The SMILES string of the molecule is O=C(CSc1nnc(COc2ccc(Cl)cc2)o1)c1ccc(-c2ccccc2)cc1. The van der Waals surface area contributed by atoms with Crippen LogP contribution in [0, 0.1) is 0 Å². The first-order valence-corrected chi connectivity index (χ1v) is 10.6. The van der Waals surface area contributed by atoms with E-state index in [9.17, 15) is 4.79 Å². The van der Waals surface area contributed by atoms with Crippen molar-refractivity contribution < 1.29 is 13.9 Å². The number of hydrogen-bond acceptors (Lipinski definition) is 6. The summed E-state index contributed by atoms with van der Waals surface area (Å²) in [4.78, 5) is 12.5. The van der Waals surface area contributed by atoms with Crippen molar-refractivity contribution in [3.63, 3.8) is 0 Å². The molecule has 0 radical (unpaired) electrons. The molecule has 4 rings (SSSR count). The molecule has 5 nitrogen and oxygen atoms in total. The highest BCUT2D eigenvalue weighted by Gasteiger charge is 2.12. The van der Waals surface area contributed by atoms with Gasteiger partial charge >= 0.3 is 0 Å². The predicted molar refractivity (Wildman–Crippen MR) is 117 cm³/mol. The van der Waals surface area contributed by atoms with Gasteiger partial charge in [0, 0.05) is 10.6 Å². The first-order chi connectivity index (χ1) is 14.7. The number of ketones is 1. The zero-order valence-electron chi connectivity index (χ0n) is 15.8. The van der Waals surface area contributed by atoms with Gasteiger partial charge in [-0.15, -0.1) is 10.2 Å². The molecule has 3 aromatic carbocycles. The number of rotatable bonds is 8. The van der Waals surface area contributed by atoms with Gasteiger partial charge in [0.2, 0.25) is 0 Å². The lowest BCUT2D eigenvalue weighted by Crippen LogP contribution is -2.02. The van der Waals surface area contributed by atoms with Crippen molar-refractivity contribution in [1.29, 1.82) is 0 Å². The van der Waals surface area contributed by atoms with Crippen LogP contribution in [0.1, 0.15) is 16.2 Å². The summed E-state index contributed by atoms with van der Waals surface area (Å²) in [5.74, 6) is 1.20. The van der Waals surface area contributed by atoms with Gasteiger partial charge in [0.05, 0.1) is 5.75 Å². The predicted octanol–water partition coefficient (Wildman–Crippen LogP) is 5.94. The lowest BCUT2D eigenvalue weighted by Gasteiger charge is -2.03. The van der Waals surface area contributed by atoms with Crippen LogP contribution in [0.15, 0.2) is 88.5 Å². The minimum atomic E-state index is -0.00299. The third kappa shape index (κ3) is 5.28. The quantitative estimate of drug-likeness (QED) is 0.251. The first kappa shape index (κ1) is 20.2. The van der Waals surface area contributed by atoms with E-state index in [2.05, 4.69) is 10.2 Å². The van der Waals surface area contributed by atoms with Crippen molar-refractivity contribution in [3.8, 4) is 16.9 Å². The Balaban J connectivity index is 1.29. The van der Waals surface area contributed by atoms with Crippen LogP contribution in [0.3, 0.4) is 0 Å². The van der Waals surface area contributed by atoms with Crippen LogP contribution in [0.5, 0.6) is 5.75 Å². The molecule has 0 aliphatic rings. The number of nitrogens with zero attached hydrogens (tertiary/aromatic N) is 2. The molecule has 0 saturated heterocycles. The van der Waals surface area contributed by atoms with Crippen molar-refractivity contribution in [2.45, 2.75) is 11.8 Å². The zero-order valence-corrected chi connectivity index (χ0v) is 17.4. The number of Topliss-reactive ketones (excluding diaryl/α,β-unsaturated/α-hetero) is 1. The van der Waals surface area contributed by atoms with Gasteiger partial charge in [-0.1, -0.05) is 78.0 Å². The maximum absolute atomic E-state index is 12.5. The Labute approximate surface area is 183 Å². The molecule has 1 heterocycles. The summed E-state index contributed by atoms with van der Waals surface area (Å²) in [6.07, 6.45) is 0. The van der Waals surface area contributed by atoms with E-state index in [1.54, 1.807) is 24.3 Å². The van der Waals surface area contributed by atoms with Gasteiger partial charge in [0.25, 0.3) is 11.1 Å². The van der Waals surface area contributed by atoms with E-state index in [0.717, 1.165) is 11.1 Å². The van der Waals surface area contributed by atoms with E-state index in [1.165, 1.54) is 11.8 Å². The second-order valence-corrected chi connectivity index (χ2v) is 7.72. The minimum Gasteiger partial charge on any atom is -0.484 e. The number of benzene rings is 3. The fourth-order valence-electron chi connectivity index (χ4n) is 2.72. The summed E-state index contributed by atoms with van der Waals surface area (Å²) in [5.41, 5.74) is 2.83. The van der Waals surface area contributed by atoms with Gasteiger partial charge in [-0.05, 0) is 35.4 Å². The van der Waals surface area contributed by atoms with Crippen LogP contribution in [0.4, 0.5) is 0 Å². The lowest BCUT2D eigenvalue weighted by molar-refractivity contribution is 0.102. The molecule has 0 saturated carbocycles. The number of thioether (sulfide) groups is 1. The highest BCUT2D eigenvalue weighted by molar-refractivity contribution is 7.99. The van der Waals surface area contributed by atoms with Gasteiger partial charge in [0.1, 0.15) is 5.75 Å². The molecule has 0 spiro atoms. The van der Waals surface area contributed by atoms with Crippen LogP contribution in [-0.2, 0) is 6.61 Å². The van der Waals surface area contributed by atoms with Gasteiger partial charge < -0.3 is 9.15 Å². The highest BCUT2D eigenvalue weighted by atomic mass is 35.5. The summed E-state index contributed by atoms with van der Waals surface area (Å²) in [6.45, 7) is 0.143. The van der Waals surface area contributed by atoms with Crippen LogP contribution in [0.25, 0.3) is 11.1 Å². The average molecular weight is 437 g/mol. The third-order valence-corrected chi connectivity index (χ3v) is 5.34. The zero-order chi connectivity index (χ0) is 20.8. The molecule has 0 N–H and O–H groups in total. The lowest BCUT2D eigenvalue weighted by atomic mass is 10.0. The Hall–Kier alpha value is -3.09. The number of halogens is 1. The summed E-state index contributed by atoms with van der Waals surface area (Å²) < 4.78 is 11.1. The fourth-order valence-corrected chi connectivity index (χ4v) is 3.52. The average Bonchev–Trinajstić information content (AvgIpc) is 3.26. The molecule has 0 unspecified atom stereocenters. The molecule has 30 heavy (non-hydrogen) atoms. The van der Waals surface area contributed by atoms with Crippen LogP contribution in [-0.4, -0.2) is 21.7 Å². The molecule has 4 aromatic rings. The minimum absolute atomic E-state index is 0.00299. The van der Waals surface area contributed by atoms with E-state index in [0.29, 0.717) is 27.4 Å². The number of ether oxygens (including phenoxy) is 1. The van der Waals surface area contributed by atoms with Crippen LogP contribution >= 0.6 is 23.4 Å². The maximum Gasteiger partial charge on any atom is 0.277 e. The molecule has 0 bridgehead atoms. The standard InChI is InChI=1S/C23H17ClN2O3S/c24-19-10-12-20(13-11-19)28-14-22-25-26-23(29-22)30-15-21(27)18-8-6-17(7-9-18)16-4-2-1-3-5-16/h1-13H,14-15H2. The van der Waals surface area contributed by atoms with E-state index >= 15 is 0 Å². The Bertz CT molecular complexity index is 1110. The maximum atomic E-state index is 12.5. The van der Waals surface area contributed by atoms with Crippen molar-refractivity contribution in [3.05, 3.63) is 95.3 Å². The molecule has 0 atom stereocenters. The summed E-state index contributed by atoms with van der Waals surface area (Å²) in [6, 6.07) is 24.6. The second-order valence-electron chi connectivity index (χ2n) is 6.36. The fraction of sp³-hybridized carbons (Fsp3) is 0.0870. The Morgan fingerprint density at radius 1 is 0.900 bits per heavy atom. The van der Waals surface area contributed by atoms with Gasteiger partial charge in [-0.2, -0.15) is 0 Å². The van der Waals surface area contributed by atoms with Crippen molar-refractivity contribution >= 4 is 29.1 Å². The molecule has 0 aliphatic carbocycles. The van der Waals surface area contributed by atoms with E-state index in [-0.39, 0.29) is 18.1 Å². The molecular formula is C23H17ClN2O3S. The first-order valence-electron chi connectivity index (χ1n) is 9.19. The number of aromatic nitrogens is 2. The van der Waals surface area contributed by atoms with Crippen molar-refractivity contribution in [1.82, 2.24) is 10.2 Å². The Morgan fingerprint density at radius 2 is 1.60 bits per heavy atom. The van der Waals surface area contributed by atoms with Crippen LogP contribution < -0.4 is 4.74 Å². The normalized spacial score (nSPS) is 10.7. The molecule has 7 heteroatoms. The van der Waals surface area contributed by atoms with Gasteiger partial charge in [-0.3, -0.25) is 4.79 Å². The number of hydrogen-bond donors (Lipinski definition) is 0. The molecule has 0 aliphatic heterocycles. The molecular weight excluding hydrogens is 420 g/mol. The van der Waals surface area contributed by atoms with E-state index < -0.39 is 0 Å². The smallest absolute Gasteiger partial charge is 0.277 e. The number of carbonyl (C=O) groups is 1. The third-order valence-electron chi connectivity index (χ3n) is 4.26. The largest absolute Gasteiger partial charge is 0.484 e. The Kier molecular flexibility index (Phi) is 6.47. The summed E-state index contributed by atoms with van der Waals surface area (Å²) >= 11 is 7.05.